The molecular formula is C21H38N4O. The highest BCUT2D eigenvalue weighted by Gasteiger charge is 2.29. The third-order valence-electron chi connectivity index (χ3n) is 5.85. The molecule has 0 spiro atoms. The quantitative estimate of drug-likeness (QED) is 0.702. The van der Waals surface area contributed by atoms with E-state index in [1.807, 2.05) is 4.68 Å². The van der Waals surface area contributed by atoms with E-state index < -0.39 is 0 Å². The minimum absolute atomic E-state index is 0. The molecule has 5 nitrogen and oxygen atoms in total. The maximum atomic E-state index is 12.9. The largest absolute Gasteiger partial charge is 0.342 e. The Kier molecular flexibility index (Phi) is 8.60. The van der Waals surface area contributed by atoms with E-state index in [1.54, 1.807) is 0 Å². The van der Waals surface area contributed by atoms with Crippen LogP contribution in [0.15, 0.2) is 6.20 Å². The third-order valence-corrected chi connectivity index (χ3v) is 5.85. The Balaban J connectivity index is 0.00000243. The van der Waals surface area contributed by atoms with Crippen LogP contribution in [0, 0.1) is 11.8 Å². The van der Waals surface area contributed by atoms with Crippen LogP contribution in [-0.2, 0) is 17.8 Å². The lowest BCUT2D eigenvalue weighted by Crippen LogP contribution is -2.44. The molecule has 1 aromatic rings. The number of carbonyl (C=O) groups is 1. The zero-order valence-corrected chi connectivity index (χ0v) is 15.8. The summed E-state index contributed by atoms with van der Waals surface area (Å²) in [6.07, 6.45) is 15.1. The van der Waals surface area contributed by atoms with Crippen LogP contribution in [0.25, 0.3) is 0 Å². The summed E-state index contributed by atoms with van der Waals surface area (Å²) in [5.41, 5.74) is 1.10. The van der Waals surface area contributed by atoms with Crippen LogP contribution in [0.3, 0.4) is 0 Å². The van der Waals surface area contributed by atoms with Gasteiger partial charge in [-0.1, -0.05) is 51.7 Å². The predicted molar refractivity (Wildman–Crippen MR) is 106 cm³/mol. The third kappa shape index (κ3) is 5.82. The topological polar surface area (TPSA) is 51.0 Å². The van der Waals surface area contributed by atoms with Crippen LogP contribution < -0.4 is 0 Å². The van der Waals surface area contributed by atoms with Crippen molar-refractivity contribution in [3.8, 4) is 0 Å². The Morgan fingerprint density at radius 1 is 1.15 bits per heavy atom. The second-order valence-electron chi connectivity index (χ2n) is 8.02. The molecule has 1 saturated carbocycles. The Hall–Kier alpha value is -1.39. The highest BCUT2D eigenvalue weighted by molar-refractivity contribution is 5.79. The number of hydrogen-bond donors (Lipinski definition) is 0. The fraction of sp³-hybridized carbons (Fsp3) is 0.857. The monoisotopic (exact) mass is 362 g/mol. The summed E-state index contributed by atoms with van der Waals surface area (Å²) >= 11 is 0. The van der Waals surface area contributed by atoms with Gasteiger partial charge in [0.1, 0.15) is 0 Å². The van der Waals surface area contributed by atoms with Gasteiger partial charge in [-0.3, -0.25) is 9.48 Å². The molecule has 1 unspecified atom stereocenters. The predicted octanol–water partition coefficient (Wildman–Crippen LogP) is 4.47. The lowest BCUT2D eigenvalue weighted by molar-refractivity contribution is -0.138. The van der Waals surface area contributed by atoms with Gasteiger partial charge in [0.25, 0.3) is 0 Å². The zero-order valence-electron chi connectivity index (χ0n) is 15.8. The number of aromatic nitrogens is 3. The molecule has 0 aromatic carbocycles. The first kappa shape index (κ1) is 20.9. The fourth-order valence-electron chi connectivity index (χ4n) is 4.36. The standard InChI is InChI=1S/C20H34N4O.CH4/c1-2-3-12-19-16-24(22-21-19)15-17-9-8-13-23(14-17)20(25)18-10-6-4-5-7-11-18;/h16-18H,2-15H2,1H3;1H4. The average molecular weight is 363 g/mol. The minimum Gasteiger partial charge on any atom is -0.342 e. The number of nitrogens with zero attached hydrogens (tertiary/aromatic N) is 4. The minimum atomic E-state index is 0. The Labute approximate surface area is 159 Å². The maximum Gasteiger partial charge on any atom is 0.225 e. The summed E-state index contributed by atoms with van der Waals surface area (Å²) in [6.45, 7) is 4.95. The molecular weight excluding hydrogens is 324 g/mol. The SMILES string of the molecule is C.CCCCc1cn(CC2CCCN(C(=O)C3CCCCCC3)C2)nn1. The molecule has 0 radical (unpaired) electrons. The molecule has 1 atom stereocenters. The summed E-state index contributed by atoms with van der Waals surface area (Å²) in [6, 6.07) is 0. The lowest BCUT2D eigenvalue weighted by Gasteiger charge is -2.34. The van der Waals surface area contributed by atoms with Crippen LogP contribution in [0.1, 0.15) is 84.3 Å². The number of amides is 1. The summed E-state index contributed by atoms with van der Waals surface area (Å²) in [4.78, 5) is 15.1. The van der Waals surface area contributed by atoms with E-state index in [-0.39, 0.29) is 13.3 Å². The Morgan fingerprint density at radius 3 is 2.65 bits per heavy atom. The molecule has 1 amide bonds. The highest BCUT2D eigenvalue weighted by Crippen LogP contribution is 2.27. The molecule has 0 N–H and O–H groups in total. The van der Waals surface area contributed by atoms with E-state index >= 15 is 0 Å². The van der Waals surface area contributed by atoms with Crippen LogP contribution in [0.2, 0.25) is 0 Å². The van der Waals surface area contributed by atoms with E-state index in [1.165, 1.54) is 44.9 Å². The van der Waals surface area contributed by atoms with Crippen molar-refractivity contribution in [2.24, 2.45) is 11.8 Å². The molecule has 2 heterocycles. The van der Waals surface area contributed by atoms with E-state index in [0.717, 1.165) is 51.0 Å². The highest BCUT2D eigenvalue weighted by atomic mass is 16.2. The van der Waals surface area contributed by atoms with Crippen molar-refractivity contribution in [2.45, 2.75) is 91.5 Å². The van der Waals surface area contributed by atoms with Gasteiger partial charge in [-0.2, -0.15) is 0 Å². The summed E-state index contributed by atoms with van der Waals surface area (Å²) in [7, 11) is 0. The van der Waals surface area contributed by atoms with Crippen molar-refractivity contribution in [2.75, 3.05) is 13.1 Å². The van der Waals surface area contributed by atoms with Gasteiger partial charge in [-0.05, 0) is 44.4 Å². The number of hydrogen-bond acceptors (Lipinski definition) is 3. The van der Waals surface area contributed by atoms with Gasteiger partial charge in [-0.25, -0.2) is 0 Å². The van der Waals surface area contributed by atoms with Crippen LogP contribution in [0.5, 0.6) is 0 Å². The maximum absolute atomic E-state index is 12.9. The molecule has 5 heteroatoms. The zero-order chi connectivity index (χ0) is 17.5. The van der Waals surface area contributed by atoms with E-state index in [4.69, 9.17) is 0 Å². The van der Waals surface area contributed by atoms with Gasteiger partial charge in [-0.15, -0.1) is 5.10 Å². The van der Waals surface area contributed by atoms with Crippen molar-refractivity contribution in [3.05, 3.63) is 11.9 Å². The number of unbranched alkanes of at least 4 members (excludes halogenated alkanes) is 1. The first-order valence-electron chi connectivity index (χ1n) is 10.4. The fourth-order valence-corrected chi connectivity index (χ4v) is 4.36. The summed E-state index contributed by atoms with van der Waals surface area (Å²) in [5, 5.41) is 8.59. The summed E-state index contributed by atoms with van der Waals surface area (Å²) in [5.74, 6) is 1.23. The number of rotatable bonds is 6. The molecule has 26 heavy (non-hydrogen) atoms. The molecule has 1 aliphatic carbocycles. The second kappa shape index (κ2) is 10.7. The van der Waals surface area contributed by atoms with Gasteiger partial charge in [0.05, 0.1) is 5.69 Å². The number of aryl methyl sites for hydroxylation is 1. The summed E-state index contributed by atoms with van der Waals surface area (Å²) < 4.78 is 2.00. The lowest BCUT2D eigenvalue weighted by atomic mass is 9.94. The van der Waals surface area contributed by atoms with Crippen molar-refractivity contribution in [1.29, 1.82) is 0 Å². The number of carbonyl (C=O) groups excluding carboxylic acids is 1. The van der Waals surface area contributed by atoms with Crippen molar-refractivity contribution in [1.82, 2.24) is 19.9 Å². The molecule has 3 rings (SSSR count). The van der Waals surface area contributed by atoms with Crippen molar-refractivity contribution in [3.63, 3.8) is 0 Å². The van der Waals surface area contributed by atoms with E-state index in [0.29, 0.717) is 11.8 Å². The first-order chi connectivity index (χ1) is 12.3. The molecule has 1 aliphatic heterocycles. The van der Waals surface area contributed by atoms with Gasteiger partial charge >= 0.3 is 0 Å². The molecule has 2 fully saturated rings. The van der Waals surface area contributed by atoms with Crippen LogP contribution in [-0.4, -0.2) is 38.9 Å². The van der Waals surface area contributed by atoms with Crippen molar-refractivity contribution < 1.29 is 4.79 Å². The molecule has 2 aliphatic rings. The average Bonchev–Trinajstić information content (AvgIpc) is 2.90. The number of piperidine rings is 1. The van der Waals surface area contributed by atoms with Gasteiger partial charge < -0.3 is 4.90 Å². The second-order valence-corrected chi connectivity index (χ2v) is 8.02. The first-order valence-corrected chi connectivity index (χ1v) is 10.4. The van der Waals surface area contributed by atoms with E-state index in [9.17, 15) is 4.79 Å². The van der Waals surface area contributed by atoms with E-state index in [2.05, 4.69) is 28.3 Å². The van der Waals surface area contributed by atoms with Crippen LogP contribution >= 0.6 is 0 Å². The molecule has 1 aromatic heterocycles. The van der Waals surface area contributed by atoms with Gasteiger partial charge in [0, 0.05) is 31.7 Å². The normalized spacial score (nSPS) is 21.9. The van der Waals surface area contributed by atoms with Gasteiger partial charge in [0.15, 0.2) is 0 Å². The Bertz CT molecular complexity index is 534. The van der Waals surface area contributed by atoms with Crippen molar-refractivity contribution >= 4 is 5.91 Å². The number of likely N-dealkylation sites (tertiary alicyclic amines) is 1. The Morgan fingerprint density at radius 2 is 1.92 bits per heavy atom. The molecule has 1 saturated heterocycles. The van der Waals surface area contributed by atoms with Gasteiger partial charge in [0.2, 0.25) is 5.91 Å². The smallest absolute Gasteiger partial charge is 0.225 e. The van der Waals surface area contributed by atoms with Crippen LogP contribution in [0.4, 0.5) is 0 Å². The molecule has 0 bridgehead atoms. The molecule has 148 valence electrons.